The van der Waals surface area contributed by atoms with Gasteiger partial charge in [-0.05, 0) is 55.7 Å². The zero-order chi connectivity index (χ0) is 15.4. The van der Waals surface area contributed by atoms with Crippen molar-refractivity contribution in [2.24, 2.45) is 11.7 Å². The predicted molar refractivity (Wildman–Crippen MR) is 82.8 cm³/mol. The molecule has 3 unspecified atom stereocenters. The highest BCUT2D eigenvalue weighted by Crippen LogP contribution is 2.32. The summed E-state index contributed by atoms with van der Waals surface area (Å²) < 4.78 is 4.70. The van der Waals surface area contributed by atoms with E-state index in [0.717, 1.165) is 0 Å². The normalized spacial score (nSPS) is 15.6. The van der Waals surface area contributed by atoms with Crippen LogP contribution in [-0.4, -0.2) is 19.1 Å². The molecule has 20 heavy (non-hydrogen) atoms. The molecule has 0 aliphatic heterocycles. The molecule has 3 nitrogen and oxygen atoms in total. The third-order valence-corrected chi connectivity index (χ3v) is 4.18. The highest BCUT2D eigenvalue weighted by atomic mass is 16.5. The van der Waals surface area contributed by atoms with E-state index >= 15 is 0 Å². The maximum atomic E-state index is 11.4. The molecule has 0 amide bonds. The van der Waals surface area contributed by atoms with Crippen LogP contribution in [0.2, 0.25) is 0 Å². The van der Waals surface area contributed by atoms with E-state index in [-0.39, 0.29) is 5.97 Å². The lowest BCUT2D eigenvalue weighted by atomic mass is 9.80. The molecule has 0 aliphatic carbocycles. The van der Waals surface area contributed by atoms with E-state index in [9.17, 15) is 4.79 Å². The summed E-state index contributed by atoms with van der Waals surface area (Å²) in [6.45, 7) is 10.8. The van der Waals surface area contributed by atoms with E-state index in [1.807, 2.05) is 0 Å². The molecule has 0 radical (unpaired) electrons. The van der Waals surface area contributed by atoms with Gasteiger partial charge in [0.15, 0.2) is 0 Å². The summed E-state index contributed by atoms with van der Waals surface area (Å²) in [5, 5.41) is 0. The third-order valence-electron chi connectivity index (χ3n) is 4.18. The van der Waals surface area contributed by atoms with E-state index in [2.05, 4.69) is 46.8 Å². The Kier molecular flexibility index (Phi) is 5.75. The van der Waals surface area contributed by atoms with Crippen molar-refractivity contribution in [3.05, 3.63) is 34.4 Å². The molecule has 112 valence electrons. The summed E-state index contributed by atoms with van der Waals surface area (Å²) in [5.41, 5.74) is 11.2. The van der Waals surface area contributed by atoms with Gasteiger partial charge in [0.2, 0.25) is 0 Å². The van der Waals surface area contributed by atoms with Crippen molar-refractivity contribution in [2.75, 3.05) is 7.11 Å². The average molecular weight is 277 g/mol. The summed E-state index contributed by atoms with van der Waals surface area (Å²) in [5.74, 6) is 0.358. The monoisotopic (exact) mass is 277 g/mol. The van der Waals surface area contributed by atoms with Crippen LogP contribution >= 0.6 is 0 Å². The smallest absolute Gasteiger partial charge is 0.322 e. The van der Waals surface area contributed by atoms with Crippen molar-refractivity contribution in [3.8, 4) is 0 Å². The Balaban J connectivity index is 2.90. The van der Waals surface area contributed by atoms with Crippen LogP contribution < -0.4 is 5.73 Å². The number of rotatable bonds is 5. The predicted octanol–water partition coefficient (Wildman–Crippen LogP) is 3.24. The fraction of sp³-hybridized carbons (Fsp3) is 0.588. The zero-order valence-corrected chi connectivity index (χ0v) is 13.5. The van der Waals surface area contributed by atoms with Crippen molar-refractivity contribution < 1.29 is 9.53 Å². The lowest BCUT2D eigenvalue weighted by molar-refractivity contribution is -0.142. The molecule has 3 heteroatoms. The molecular weight excluding hydrogens is 250 g/mol. The summed E-state index contributed by atoms with van der Waals surface area (Å²) in [4.78, 5) is 11.4. The van der Waals surface area contributed by atoms with Gasteiger partial charge in [-0.2, -0.15) is 0 Å². The summed E-state index contributed by atoms with van der Waals surface area (Å²) >= 11 is 0. The second kappa shape index (κ2) is 6.89. The molecule has 0 saturated carbocycles. The van der Waals surface area contributed by atoms with Crippen LogP contribution in [0.1, 0.15) is 48.4 Å². The second-order valence-electron chi connectivity index (χ2n) is 5.94. The molecule has 0 spiro atoms. The average Bonchev–Trinajstić information content (AvgIpc) is 2.36. The topological polar surface area (TPSA) is 52.3 Å². The maximum absolute atomic E-state index is 11.4. The minimum absolute atomic E-state index is 0.323. The molecule has 0 bridgehead atoms. The van der Waals surface area contributed by atoms with Gasteiger partial charge in [-0.1, -0.05) is 31.5 Å². The molecule has 0 fully saturated rings. The Hall–Kier alpha value is -1.35. The molecule has 0 aromatic heterocycles. The number of aryl methyl sites for hydroxylation is 3. The first-order chi connectivity index (χ1) is 9.27. The van der Waals surface area contributed by atoms with Crippen molar-refractivity contribution in [3.63, 3.8) is 0 Å². The van der Waals surface area contributed by atoms with Gasteiger partial charge in [0.25, 0.3) is 0 Å². The Morgan fingerprint density at radius 2 is 1.70 bits per heavy atom. The SMILES string of the molecule is COC(=O)C(N)CC(C)C(C)c1c(C)cc(C)cc1C. The van der Waals surface area contributed by atoms with Gasteiger partial charge in [-0.3, -0.25) is 4.79 Å². The Bertz CT molecular complexity index is 459. The number of carbonyl (C=O) groups is 1. The lowest BCUT2D eigenvalue weighted by Gasteiger charge is -2.26. The minimum Gasteiger partial charge on any atom is -0.468 e. The molecule has 0 saturated heterocycles. The van der Waals surface area contributed by atoms with Gasteiger partial charge in [-0.15, -0.1) is 0 Å². The molecule has 3 atom stereocenters. The first-order valence-electron chi connectivity index (χ1n) is 7.19. The Morgan fingerprint density at radius 3 is 2.15 bits per heavy atom. The number of benzene rings is 1. The number of hydrogen-bond acceptors (Lipinski definition) is 3. The van der Waals surface area contributed by atoms with E-state index in [4.69, 9.17) is 10.5 Å². The third kappa shape index (κ3) is 3.83. The van der Waals surface area contributed by atoms with E-state index in [1.165, 1.54) is 29.4 Å². The number of carbonyl (C=O) groups excluding carboxylic acids is 1. The number of hydrogen-bond donors (Lipinski definition) is 1. The van der Waals surface area contributed by atoms with Gasteiger partial charge < -0.3 is 10.5 Å². The molecule has 1 aromatic carbocycles. The van der Waals surface area contributed by atoms with Gasteiger partial charge in [0.1, 0.15) is 6.04 Å². The highest BCUT2D eigenvalue weighted by Gasteiger charge is 2.23. The van der Waals surface area contributed by atoms with Crippen LogP contribution in [0, 0.1) is 26.7 Å². The van der Waals surface area contributed by atoms with Crippen molar-refractivity contribution in [1.29, 1.82) is 0 Å². The lowest BCUT2D eigenvalue weighted by Crippen LogP contribution is -2.34. The summed E-state index contributed by atoms with van der Waals surface area (Å²) in [7, 11) is 1.38. The second-order valence-corrected chi connectivity index (χ2v) is 5.94. The summed E-state index contributed by atoms with van der Waals surface area (Å²) in [6.07, 6.45) is 0.639. The number of ether oxygens (including phenoxy) is 1. The van der Waals surface area contributed by atoms with Crippen LogP contribution in [0.4, 0.5) is 0 Å². The van der Waals surface area contributed by atoms with Crippen molar-refractivity contribution >= 4 is 5.97 Å². The summed E-state index contributed by atoms with van der Waals surface area (Å²) in [6, 6.07) is 3.89. The van der Waals surface area contributed by atoms with Gasteiger partial charge >= 0.3 is 5.97 Å². The highest BCUT2D eigenvalue weighted by molar-refractivity contribution is 5.75. The van der Waals surface area contributed by atoms with Crippen LogP contribution in [0.3, 0.4) is 0 Å². The first-order valence-corrected chi connectivity index (χ1v) is 7.19. The standard InChI is InChI=1S/C17H27NO2/c1-10-7-12(3)16(13(4)8-10)14(5)11(2)9-15(18)17(19)20-6/h7-8,11,14-15H,9,18H2,1-6H3. The van der Waals surface area contributed by atoms with E-state index < -0.39 is 6.04 Å². The van der Waals surface area contributed by atoms with Crippen LogP contribution in [0.25, 0.3) is 0 Å². The quantitative estimate of drug-likeness (QED) is 0.841. The Labute approximate surface area is 122 Å². The molecule has 0 aliphatic rings. The molecule has 1 aromatic rings. The number of esters is 1. The van der Waals surface area contributed by atoms with Gasteiger partial charge in [-0.25, -0.2) is 0 Å². The molecule has 2 N–H and O–H groups in total. The molecule has 0 heterocycles. The van der Waals surface area contributed by atoms with Crippen molar-refractivity contribution in [2.45, 2.75) is 53.0 Å². The molecule has 1 rings (SSSR count). The van der Waals surface area contributed by atoms with Crippen LogP contribution in [-0.2, 0) is 9.53 Å². The van der Waals surface area contributed by atoms with Crippen LogP contribution in [0.15, 0.2) is 12.1 Å². The van der Waals surface area contributed by atoms with E-state index in [0.29, 0.717) is 18.3 Å². The zero-order valence-electron chi connectivity index (χ0n) is 13.5. The fourth-order valence-electron chi connectivity index (χ4n) is 3.05. The molecular formula is C17H27NO2. The van der Waals surface area contributed by atoms with Crippen molar-refractivity contribution in [1.82, 2.24) is 0 Å². The largest absolute Gasteiger partial charge is 0.468 e. The van der Waals surface area contributed by atoms with Gasteiger partial charge in [0, 0.05) is 0 Å². The number of nitrogens with two attached hydrogens (primary N) is 1. The first kappa shape index (κ1) is 16.7. The maximum Gasteiger partial charge on any atom is 0.322 e. The van der Waals surface area contributed by atoms with Gasteiger partial charge in [0.05, 0.1) is 7.11 Å². The van der Waals surface area contributed by atoms with E-state index in [1.54, 1.807) is 0 Å². The number of methoxy groups -OCH3 is 1. The minimum atomic E-state index is -0.538. The Morgan fingerprint density at radius 1 is 1.20 bits per heavy atom. The fourth-order valence-corrected chi connectivity index (χ4v) is 3.05. The van der Waals surface area contributed by atoms with Crippen LogP contribution in [0.5, 0.6) is 0 Å².